The van der Waals surface area contributed by atoms with E-state index in [1.54, 1.807) is 47.0 Å². The number of hydrogen-bond donors (Lipinski definition) is 3. The number of aromatic amines is 1. The zero-order valence-electron chi connectivity index (χ0n) is 21.9. The lowest BCUT2D eigenvalue weighted by atomic mass is 10.1. The monoisotopic (exact) mass is 548 g/mol. The molecule has 1 fully saturated rings. The highest BCUT2D eigenvalue weighted by Crippen LogP contribution is 2.34. The van der Waals surface area contributed by atoms with Crippen molar-refractivity contribution in [2.24, 2.45) is 0 Å². The summed E-state index contributed by atoms with van der Waals surface area (Å²) in [5.41, 5.74) is 4.31. The summed E-state index contributed by atoms with van der Waals surface area (Å²) in [5, 5.41) is 5.70. The van der Waals surface area contributed by atoms with E-state index in [0.29, 0.717) is 39.8 Å². The van der Waals surface area contributed by atoms with Crippen molar-refractivity contribution in [1.82, 2.24) is 44.4 Å². The number of H-pyrrole nitrogens is 1. The van der Waals surface area contributed by atoms with Crippen molar-refractivity contribution in [3.63, 3.8) is 0 Å². The minimum atomic E-state index is -0.654. The van der Waals surface area contributed by atoms with Crippen molar-refractivity contribution in [3.8, 4) is 23.0 Å². The first-order valence-electron chi connectivity index (χ1n) is 13.2. The second-order valence-corrected chi connectivity index (χ2v) is 9.54. The summed E-state index contributed by atoms with van der Waals surface area (Å²) in [6.07, 6.45) is 7.86. The number of para-hydroxylation sites is 2. The molecule has 13 nitrogen and oxygen atoms in total. The third-order valence-electron chi connectivity index (χ3n) is 6.65. The second kappa shape index (κ2) is 9.86. The predicted octanol–water partition coefficient (Wildman–Crippen LogP) is 4.01. The molecule has 4 aromatic heterocycles. The van der Waals surface area contributed by atoms with E-state index in [0.717, 1.165) is 23.9 Å². The summed E-state index contributed by atoms with van der Waals surface area (Å²) in [4.78, 5) is 51.3. The van der Waals surface area contributed by atoms with E-state index < -0.39 is 6.09 Å². The molecule has 1 saturated carbocycles. The Morgan fingerprint density at radius 1 is 1.05 bits per heavy atom. The number of nitrogens with zero attached hydrogens (tertiary/aromatic N) is 7. The van der Waals surface area contributed by atoms with Gasteiger partial charge >= 0.3 is 6.09 Å². The number of anilines is 1. The smallest absolute Gasteiger partial charge is 0.413 e. The van der Waals surface area contributed by atoms with Gasteiger partial charge in [0.25, 0.3) is 5.91 Å². The highest BCUT2D eigenvalue weighted by atomic mass is 16.5. The Hall–Kier alpha value is -5.59. The van der Waals surface area contributed by atoms with Crippen LogP contribution in [0.1, 0.15) is 30.3 Å². The summed E-state index contributed by atoms with van der Waals surface area (Å²) in [6, 6.07) is 13.3. The largest absolute Gasteiger partial charge is 0.450 e. The van der Waals surface area contributed by atoms with E-state index in [4.69, 9.17) is 14.7 Å². The van der Waals surface area contributed by atoms with E-state index in [9.17, 15) is 9.59 Å². The lowest BCUT2D eigenvalue weighted by Gasteiger charge is -2.11. The number of ether oxygens (including phenoxy) is 1. The minimum absolute atomic E-state index is 0.196. The summed E-state index contributed by atoms with van der Waals surface area (Å²) in [6.45, 7) is 1.92. The number of fused-ring (bicyclic) bond motifs is 2. The Morgan fingerprint density at radius 2 is 1.88 bits per heavy atom. The molecule has 2 aromatic carbocycles. The molecular formula is C28H24N10O3. The van der Waals surface area contributed by atoms with Gasteiger partial charge in [-0.2, -0.15) is 0 Å². The Balaban J connectivity index is 1.44. The lowest BCUT2D eigenvalue weighted by molar-refractivity contribution is 0.0946. The molecule has 13 heteroatoms. The third kappa shape index (κ3) is 4.62. The van der Waals surface area contributed by atoms with Crippen molar-refractivity contribution in [3.05, 3.63) is 73.1 Å². The number of imidazole rings is 3. The molecule has 204 valence electrons. The van der Waals surface area contributed by atoms with Gasteiger partial charge in [-0.25, -0.2) is 34.3 Å². The molecular weight excluding hydrogens is 524 g/mol. The Morgan fingerprint density at radius 3 is 2.66 bits per heavy atom. The van der Waals surface area contributed by atoms with Crippen LogP contribution in [-0.4, -0.2) is 63.7 Å². The van der Waals surface area contributed by atoms with Crippen molar-refractivity contribution in [2.75, 3.05) is 11.9 Å². The van der Waals surface area contributed by atoms with Crippen LogP contribution in [0.15, 0.2) is 67.4 Å². The summed E-state index contributed by atoms with van der Waals surface area (Å²) in [5.74, 6) is 0.856. The molecule has 0 radical (unpaired) electrons. The maximum Gasteiger partial charge on any atom is 0.413 e. The number of nitrogens with one attached hydrogen (secondary N) is 3. The fraction of sp³-hybridized carbons (Fsp3) is 0.179. The molecule has 0 atom stereocenters. The van der Waals surface area contributed by atoms with Crippen LogP contribution in [-0.2, 0) is 4.74 Å². The standard InChI is InChI=1S/C28H24N10O3/c1-2-41-28(40)36-27-35-21-13-17(37-14-22(31-15-37)25(39)32-16-8-9-16)12-18(24-29-10-5-11-30-24)23(21)38(27)26-33-19-6-3-4-7-20(19)34-26/h3-7,10-16H,2,8-9H2,1H3,(H,32,39)(H,33,34)(H,35,36,40). The number of amides is 2. The normalized spacial score (nSPS) is 13.0. The molecule has 0 spiro atoms. The van der Waals surface area contributed by atoms with Crippen LogP contribution in [0.3, 0.4) is 0 Å². The molecule has 0 aliphatic heterocycles. The highest BCUT2D eigenvalue weighted by molar-refractivity contribution is 5.97. The van der Waals surface area contributed by atoms with Gasteiger partial charge in [0.1, 0.15) is 12.0 Å². The van der Waals surface area contributed by atoms with Crippen molar-refractivity contribution in [2.45, 2.75) is 25.8 Å². The van der Waals surface area contributed by atoms with Gasteiger partial charge < -0.3 is 19.6 Å². The summed E-state index contributed by atoms with van der Waals surface area (Å²) in [7, 11) is 0. The zero-order valence-corrected chi connectivity index (χ0v) is 21.9. The molecule has 0 unspecified atom stereocenters. The van der Waals surface area contributed by atoms with Crippen LogP contribution in [0.2, 0.25) is 0 Å². The molecule has 7 rings (SSSR count). The number of carbonyl (C=O) groups excluding carboxylic acids is 2. The quantitative estimate of drug-likeness (QED) is 0.270. The molecule has 0 saturated heterocycles. The molecule has 2 amide bonds. The number of benzene rings is 2. The highest BCUT2D eigenvalue weighted by Gasteiger charge is 2.26. The van der Waals surface area contributed by atoms with E-state index in [1.807, 2.05) is 36.4 Å². The van der Waals surface area contributed by atoms with Gasteiger partial charge in [0, 0.05) is 35.9 Å². The third-order valence-corrected chi connectivity index (χ3v) is 6.65. The first kappa shape index (κ1) is 24.5. The molecule has 1 aliphatic rings. The fourth-order valence-electron chi connectivity index (χ4n) is 4.61. The average Bonchev–Trinajstić information content (AvgIpc) is 3.36. The number of carbonyl (C=O) groups is 2. The minimum Gasteiger partial charge on any atom is -0.450 e. The summed E-state index contributed by atoms with van der Waals surface area (Å²) >= 11 is 0. The van der Waals surface area contributed by atoms with Gasteiger partial charge in [-0.3, -0.25) is 10.1 Å². The maximum atomic E-state index is 12.6. The van der Waals surface area contributed by atoms with Gasteiger partial charge in [0.05, 0.1) is 28.7 Å². The zero-order chi connectivity index (χ0) is 27.9. The van der Waals surface area contributed by atoms with E-state index in [-0.39, 0.29) is 24.5 Å². The summed E-state index contributed by atoms with van der Waals surface area (Å²) < 4.78 is 8.60. The first-order valence-corrected chi connectivity index (χ1v) is 13.2. The SMILES string of the molecule is CCOC(=O)Nc1nc2cc(-n3cnc(C(=O)NC4CC4)c3)cc(-c3ncccn3)c2n1-c1nc2ccccc2[nH]1. The van der Waals surface area contributed by atoms with Crippen molar-refractivity contribution >= 4 is 40.0 Å². The Labute approximate surface area is 232 Å². The van der Waals surface area contributed by atoms with Crippen LogP contribution >= 0.6 is 0 Å². The molecule has 41 heavy (non-hydrogen) atoms. The second-order valence-electron chi connectivity index (χ2n) is 9.54. The molecule has 4 heterocycles. The van der Waals surface area contributed by atoms with Crippen LogP contribution in [0.25, 0.3) is 45.1 Å². The number of aromatic nitrogens is 8. The van der Waals surface area contributed by atoms with Crippen LogP contribution in [0.5, 0.6) is 0 Å². The Kier molecular flexibility index (Phi) is 5.88. The molecule has 1 aliphatic carbocycles. The average molecular weight is 549 g/mol. The molecule has 3 N–H and O–H groups in total. The van der Waals surface area contributed by atoms with Crippen molar-refractivity contribution < 1.29 is 14.3 Å². The van der Waals surface area contributed by atoms with Gasteiger partial charge in [-0.15, -0.1) is 0 Å². The lowest BCUT2D eigenvalue weighted by Crippen LogP contribution is -2.25. The van der Waals surface area contributed by atoms with Crippen LogP contribution in [0.4, 0.5) is 10.7 Å². The first-order chi connectivity index (χ1) is 20.1. The number of rotatable bonds is 7. The van der Waals surface area contributed by atoms with Crippen molar-refractivity contribution in [1.29, 1.82) is 0 Å². The van der Waals surface area contributed by atoms with Crippen LogP contribution in [0, 0.1) is 0 Å². The predicted molar refractivity (Wildman–Crippen MR) is 150 cm³/mol. The molecule has 0 bridgehead atoms. The van der Waals surface area contributed by atoms with Gasteiger partial charge in [-0.1, -0.05) is 12.1 Å². The topological polar surface area (TPSA) is 158 Å². The van der Waals surface area contributed by atoms with Gasteiger partial charge in [0.2, 0.25) is 11.9 Å². The Bertz CT molecular complexity index is 1890. The van der Waals surface area contributed by atoms with Crippen LogP contribution < -0.4 is 10.6 Å². The maximum absolute atomic E-state index is 12.6. The van der Waals surface area contributed by atoms with Gasteiger partial charge in [-0.05, 0) is 50.1 Å². The van der Waals surface area contributed by atoms with E-state index >= 15 is 0 Å². The molecule has 6 aromatic rings. The fourth-order valence-corrected chi connectivity index (χ4v) is 4.61. The van der Waals surface area contributed by atoms with Gasteiger partial charge in [0.15, 0.2) is 5.82 Å². The van der Waals surface area contributed by atoms with E-state index in [2.05, 4.69) is 30.6 Å². The van der Waals surface area contributed by atoms with E-state index in [1.165, 1.54) is 0 Å². The number of hydrogen-bond acceptors (Lipinski definition) is 8.